The van der Waals surface area contributed by atoms with Gasteiger partial charge in [-0.15, -0.1) is 0 Å². The Morgan fingerprint density at radius 2 is 1.70 bits per heavy atom. The molecule has 0 bridgehead atoms. The number of hydrogen-bond donors (Lipinski definition) is 1. The van der Waals surface area contributed by atoms with Gasteiger partial charge in [0.1, 0.15) is 6.26 Å². The molecule has 0 unspecified atom stereocenters. The second kappa shape index (κ2) is 7.94. The fourth-order valence-corrected chi connectivity index (χ4v) is 2.98. The van der Waals surface area contributed by atoms with E-state index in [9.17, 15) is 14.4 Å². The number of carboxylic acid groups (broad SMARTS) is 1. The van der Waals surface area contributed by atoms with E-state index >= 15 is 0 Å². The predicted molar refractivity (Wildman–Crippen MR) is 96.4 cm³/mol. The van der Waals surface area contributed by atoms with E-state index in [0.29, 0.717) is 32.7 Å². The molecule has 2 heterocycles. The summed E-state index contributed by atoms with van der Waals surface area (Å²) < 4.78 is 5.06. The summed E-state index contributed by atoms with van der Waals surface area (Å²) in [4.78, 5) is 40.8. The van der Waals surface area contributed by atoms with Crippen LogP contribution in [0, 0.1) is 0 Å². The first kappa shape index (κ1) is 18.5. The molecule has 27 heavy (non-hydrogen) atoms. The third-order valence-electron chi connectivity index (χ3n) is 4.48. The Kier molecular flexibility index (Phi) is 5.44. The summed E-state index contributed by atoms with van der Waals surface area (Å²) in [7, 11) is 1.75. The summed E-state index contributed by atoms with van der Waals surface area (Å²) in [5.74, 6) is -1.52. The van der Waals surface area contributed by atoms with Crippen molar-refractivity contribution in [2.24, 2.45) is 0 Å². The molecule has 0 radical (unpaired) electrons. The molecule has 0 spiro atoms. The van der Waals surface area contributed by atoms with Crippen LogP contribution in [0.5, 0.6) is 0 Å². The number of amides is 3. The number of aromatic carboxylic acids is 1. The van der Waals surface area contributed by atoms with Crippen LogP contribution in [0.2, 0.25) is 0 Å². The third-order valence-corrected chi connectivity index (χ3v) is 4.48. The third kappa shape index (κ3) is 4.28. The van der Waals surface area contributed by atoms with Gasteiger partial charge < -0.3 is 24.2 Å². The van der Waals surface area contributed by atoms with Crippen LogP contribution < -0.4 is 0 Å². The number of carbonyl (C=O) groups is 3. The van der Waals surface area contributed by atoms with Crippen molar-refractivity contribution in [2.75, 3.05) is 33.2 Å². The smallest absolute Gasteiger partial charge is 0.338 e. The Morgan fingerprint density at radius 1 is 1.07 bits per heavy atom. The first-order valence-corrected chi connectivity index (χ1v) is 8.61. The Bertz CT molecular complexity index is 825. The maximum Gasteiger partial charge on any atom is 0.338 e. The van der Waals surface area contributed by atoms with E-state index < -0.39 is 5.97 Å². The molecule has 1 aromatic heterocycles. The van der Waals surface area contributed by atoms with Crippen molar-refractivity contribution < 1.29 is 23.9 Å². The van der Waals surface area contributed by atoms with Crippen LogP contribution in [-0.4, -0.2) is 70.9 Å². The molecule has 1 aliphatic heterocycles. The summed E-state index contributed by atoms with van der Waals surface area (Å²) in [6, 6.07) is 10.9. The van der Waals surface area contributed by atoms with E-state index in [2.05, 4.69) is 0 Å². The average molecular weight is 371 g/mol. The predicted octanol–water partition coefficient (Wildman–Crippen LogP) is 1.99. The van der Waals surface area contributed by atoms with E-state index in [0.717, 1.165) is 11.8 Å². The minimum absolute atomic E-state index is 0.00614. The van der Waals surface area contributed by atoms with Crippen molar-refractivity contribution >= 4 is 17.9 Å². The van der Waals surface area contributed by atoms with Gasteiger partial charge in [0.2, 0.25) is 0 Å². The number of urea groups is 1. The standard InChI is InChI=1S/C19H21N3O5/c1-20(12-14-5-3-2-4-6-14)19(26)22-9-7-21(8-10-22)17(23)16-11-15(13-27-16)18(24)25/h2-6,11,13H,7-10,12H2,1H3,(H,24,25). The van der Waals surface area contributed by atoms with Crippen molar-refractivity contribution in [3.05, 3.63) is 59.5 Å². The Balaban J connectivity index is 1.53. The first-order valence-electron chi connectivity index (χ1n) is 8.61. The number of hydrogen-bond acceptors (Lipinski definition) is 4. The lowest BCUT2D eigenvalue weighted by molar-refractivity contribution is 0.0613. The SMILES string of the molecule is CN(Cc1ccccc1)C(=O)N1CCN(C(=O)c2cc(C(=O)O)co2)CC1. The van der Waals surface area contributed by atoms with Crippen LogP contribution in [0.1, 0.15) is 26.5 Å². The lowest BCUT2D eigenvalue weighted by atomic mass is 10.2. The summed E-state index contributed by atoms with van der Waals surface area (Å²) in [5, 5.41) is 8.91. The molecule has 1 fully saturated rings. The molecule has 142 valence electrons. The highest BCUT2D eigenvalue weighted by atomic mass is 16.4. The Labute approximate surface area is 156 Å². The normalized spacial score (nSPS) is 14.1. The molecule has 1 N–H and O–H groups in total. The van der Waals surface area contributed by atoms with Gasteiger partial charge in [-0.05, 0) is 5.56 Å². The van der Waals surface area contributed by atoms with Gasteiger partial charge in [-0.2, -0.15) is 0 Å². The van der Waals surface area contributed by atoms with Gasteiger partial charge in [-0.3, -0.25) is 4.79 Å². The number of carbonyl (C=O) groups excluding carboxylic acids is 2. The molecule has 3 amide bonds. The summed E-state index contributed by atoms with van der Waals surface area (Å²) >= 11 is 0. The molecule has 3 rings (SSSR count). The van der Waals surface area contributed by atoms with Crippen LogP contribution in [0.4, 0.5) is 4.79 Å². The zero-order valence-corrected chi connectivity index (χ0v) is 15.0. The molecular weight excluding hydrogens is 350 g/mol. The van der Waals surface area contributed by atoms with Crippen molar-refractivity contribution in [1.29, 1.82) is 0 Å². The number of rotatable bonds is 4. The maximum absolute atomic E-state index is 12.6. The molecule has 0 aliphatic carbocycles. The molecule has 0 saturated carbocycles. The van der Waals surface area contributed by atoms with Crippen LogP contribution in [-0.2, 0) is 6.54 Å². The van der Waals surface area contributed by atoms with Gasteiger partial charge in [-0.1, -0.05) is 30.3 Å². The average Bonchev–Trinajstić information content (AvgIpc) is 3.18. The van der Waals surface area contributed by atoms with Crippen molar-refractivity contribution in [3.8, 4) is 0 Å². The molecular formula is C19H21N3O5. The second-order valence-corrected chi connectivity index (χ2v) is 6.41. The number of carboxylic acids is 1. The zero-order valence-electron chi connectivity index (χ0n) is 15.0. The minimum atomic E-state index is -1.14. The number of piperazine rings is 1. The topological polar surface area (TPSA) is 94.3 Å². The maximum atomic E-state index is 12.6. The van der Waals surface area contributed by atoms with Gasteiger partial charge in [0.25, 0.3) is 5.91 Å². The van der Waals surface area contributed by atoms with E-state index in [4.69, 9.17) is 9.52 Å². The monoisotopic (exact) mass is 371 g/mol. The van der Waals surface area contributed by atoms with Crippen molar-refractivity contribution in [2.45, 2.75) is 6.54 Å². The van der Waals surface area contributed by atoms with Gasteiger partial charge in [-0.25, -0.2) is 9.59 Å². The zero-order chi connectivity index (χ0) is 19.4. The highest BCUT2D eigenvalue weighted by molar-refractivity contribution is 5.95. The Hall–Kier alpha value is -3.29. The Morgan fingerprint density at radius 3 is 2.30 bits per heavy atom. The number of benzene rings is 1. The highest BCUT2D eigenvalue weighted by Crippen LogP contribution is 2.14. The van der Waals surface area contributed by atoms with Crippen LogP contribution in [0.3, 0.4) is 0 Å². The molecule has 1 aliphatic rings. The summed E-state index contributed by atoms with van der Waals surface area (Å²) in [6.45, 7) is 2.08. The number of furan rings is 1. The molecule has 0 atom stereocenters. The van der Waals surface area contributed by atoms with E-state index in [1.807, 2.05) is 30.3 Å². The van der Waals surface area contributed by atoms with Crippen molar-refractivity contribution in [3.63, 3.8) is 0 Å². The second-order valence-electron chi connectivity index (χ2n) is 6.41. The van der Waals surface area contributed by atoms with E-state index in [1.165, 1.54) is 6.07 Å². The molecule has 2 aromatic rings. The van der Waals surface area contributed by atoms with Crippen LogP contribution in [0.15, 0.2) is 47.1 Å². The first-order chi connectivity index (χ1) is 13.0. The van der Waals surface area contributed by atoms with Gasteiger partial charge in [0.15, 0.2) is 5.76 Å². The fraction of sp³-hybridized carbons (Fsp3) is 0.316. The van der Waals surface area contributed by atoms with Gasteiger partial charge in [0.05, 0.1) is 5.56 Å². The highest BCUT2D eigenvalue weighted by Gasteiger charge is 2.28. The largest absolute Gasteiger partial charge is 0.478 e. The van der Waals surface area contributed by atoms with Gasteiger partial charge >= 0.3 is 12.0 Å². The van der Waals surface area contributed by atoms with Gasteiger partial charge in [0, 0.05) is 45.8 Å². The lowest BCUT2D eigenvalue weighted by Gasteiger charge is -2.36. The number of nitrogens with zero attached hydrogens (tertiary/aromatic N) is 3. The van der Waals surface area contributed by atoms with Crippen LogP contribution in [0.25, 0.3) is 0 Å². The summed E-state index contributed by atoms with van der Waals surface area (Å²) in [5.41, 5.74) is 0.990. The lowest BCUT2D eigenvalue weighted by Crippen LogP contribution is -2.53. The molecule has 1 saturated heterocycles. The fourth-order valence-electron chi connectivity index (χ4n) is 2.98. The minimum Gasteiger partial charge on any atom is -0.478 e. The molecule has 1 aromatic carbocycles. The quantitative estimate of drug-likeness (QED) is 0.887. The summed E-state index contributed by atoms with van der Waals surface area (Å²) in [6.07, 6.45) is 1.05. The van der Waals surface area contributed by atoms with E-state index in [-0.39, 0.29) is 23.3 Å². The van der Waals surface area contributed by atoms with E-state index in [1.54, 1.807) is 21.7 Å². The molecule has 8 heteroatoms. The van der Waals surface area contributed by atoms with Crippen LogP contribution >= 0.6 is 0 Å². The molecule has 8 nitrogen and oxygen atoms in total. The van der Waals surface area contributed by atoms with Crippen molar-refractivity contribution in [1.82, 2.24) is 14.7 Å².